The van der Waals surface area contributed by atoms with E-state index in [1.807, 2.05) is 24.3 Å². The Morgan fingerprint density at radius 1 is 1.12 bits per heavy atom. The summed E-state index contributed by atoms with van der Waals surface area (Å²) in [6, 6.07) is 6.48. The standard InChI is InChI=1S/C24H23ClN2O5S2/c1-8(2)17(23(30)31)27-21(28)15-11-7-12(16(15)22(27)29)18-14(11)13(9-3-5-10(25)6-4-9)19-20(33-18)26-24(32)34-19/h3-6,8,11-18H,7H2,1-2H3,(H,26,32)(H,30,31)/t11-,12-,13+,14-,15+,16-,17-,18-/m1/s1. The van der Waals surface area contributed by atoms with Crippen LogP contribution in [0.2, 0.25) is 5.02 Å². The lowest BCUT2D eigenvalue weighted by Gasteiger charge is -2.43. The molecule has 1 aromatic heterocycles. The van der Waals surface area contributed by atoms with Crippen molar-refractivity contribution in [1.29, 1.82) is 0 Å². The second-order valence-corrected chi connectivity index (χ2v) is 12.7. The van der Waals surface area contributed by atoms with Gasteiger partial charge in [-0.2, -0.15) is 0 Å². The van der Waals surface area contributed by atoms with Crippen LogP contribution in [0.3, 0.4) is 0 Å². The molecular formula is C24H23ClN2O5S2. The molecule has 1 aromatic carbocycles. The van der Waals surface area contributed by atoms with Gasteiger partial charge in [-0.05, 0) is 47.8 Å². The fraction of sp³-hybridized carbons (Fsp3) is 0.500. The molecule has 2 bridgehead atoms. The SMILES string of the molecule is CC(C)[C@H](C(=O)O)N1C(=O)[C@@H]2[C@H]3C[C@@H]([C@@H]2C1=O)[C@@H]1[C@H](c2ccc(Cl)cc2)c2sc(=O)[nH]c2S[C@H]31. The number of aliphatic carboxylic acids is 1. The maximum absolute atomic E-state index is 13.6. The number of carboxylic acid groups (broad SMARTS) is 1. The highest BCUT2D eigenvalue weighted by Crippen LogP contribution is 2.68. The normalized spacial score (nSPS) is 34.4. The number of benzene rings is 1. The van der Waals surface area contributed by atoms with E-state index in [9.17, 15) is 24.3 Å². The highest BCUT2D eigenvalue weighted by Gasteiger charge is 2.70. The summed E-state index contributed by atoms with van der Waals surface area (Å²) < 4.78 is 0. The van der Waals surface area contributed by atoms with E-state index >= 15 is 0 Å². The van der Waals surface area contributed by atoms with Gasteiger partial charge in [0.2, 0.25) is 11.8 Å². The summed E-state index contributed by atoms with van der Waals surface area (Å²) in [6.45, 7) is 3.45. The van der Waals surface area contributed by atoms with E-state index < -0.39 is 23.8 Å². The number of hydrogen-bond donors (Lipinski definition) is 2. The monoisotopic (exact) mass is 518 g/mol. The molecule has 2 aliphatic carbocycles. The Morgan fingerprint density at radius 3 is 2.38 bits per heavy atom. The fourth-order valence-electron chi connectivity index (χ4n) is 7.05. The summed E-state index contributed by atoms with van der Waals surface area (Å²) in [7, 11) is 0. The van der Waals surface area contributed by atoms with Crippen molar-refractivity contribution in [2.75, 3.05) is 0 Å². The number of thioether (sulfide) groups is 1. The smallest absolute Gasteiger partial charge is 0.327 e. The topological polar surface area (TPSA) is 108 Å². The number of imide groups is 1. The lowest BCUT2D eigenvalue weighted by atomic mass is 9.68. The van der Waals surface area contributed by atoms with Gasteiger partial charge in [-0.15, -0.1) is 11.8 Å². The molecular weight excluding hydrogens is 496 g/mol. The third-order valence-electron chi connectivity index (χ3n) is 8.15. The number of rotatable bonds is 4. The third kappa shape index (κ3) is 2.96. The first kappa shape index (κ1) is 22.4. The average Bonchev–Trinajstić information content (AvgIpc) is 3.49. The molecule has 6 rings (SSSR count). The minimum Gasteiger partial charge on any atom is -0.480 e. The first-order valence-electron chi connectivity index (χ1n) is 11.4. The van der Waals surface area contributed by atoms with Crippen LogP contribution < -0.4 is 4.87 Å². The largest absolute Gasteiger partial charge is 0.480 e. The number of amides is 2. The Labute approximate surface area is 208 Å². The van der Waals surface area contributed by atoms with E-state index in [1.165, 1.54) is 11.3 Å². The predicted molar refractivity (Wildman–Crippen MR) is 128 cm³/mol. The van der Waals surface area contributed by atoms with Crippen molar-refractivity contribution in [3.05, 3.63) is 49.4 Å². The van der Waals surface area contributed by atoms with E-state index in [-0.39, 0.29) is 51.5 Å². The summed E-state index contributed by atoms with van der Waals surface area (Å²) >= 11 is 8.97. The lowest BCUT2D eigenvalue weighted by molar-refractivity contribution is -0.157. The van der Waals surface area contributed by atoms with Gasteiger partial charge in [0, 0.05) is 21.1 Å². The van der Waals surface area contributed by atoms with Crippen molar-refractivity contribution in [3.8, 4) is 0 Å². The van der Waals surface area contributed by atoms with E-state index in [1.54, 1.807) is 25.6 Å². The van der Waals surface area contributed by atoms with Gasteiger partial charge in [-0.25, -0.2) is 4.79 Å². The third-order valence-corrected chi connectivity index (χ3v) is 11.0. The predicted octanol–water partition coefficient (Wildman–Crippen LogP) is 3.67. The van der Waals surface area contributed by atoms with Crippen molar-refractivity contribution >= 4 is 52.5 Å². The average molecular weight is 519 g/mol. The number of likely N-dealkylation sites (tertiary alicyclic amines) is 1. The van der Waals surface area contributed by atoms with Crippen LogP contribution >= 0.6 is 34.7 Å². The number of aromatic amines is 1. The molecule has 3 heterocycles. The summed E-state index contributed by atoms with van der Waals surface area (Å²) in [5.41, 5.74) is 1.04. The Morgan fingerprint density at radius 2 is 1.76 bits per heavy atom. The van der Waals surface area contributed by atoms with E-state index in [0.717, 1.165) is 26.8 Å². The highest BCUT2D eigenvalue weighted by atomic mass is 35.5. The van der Waals surface area contributed by atoms with Crippen molar-refractivity contribution in [1.82, 2.24) is 9.88 Å². The number of carbonyl (C=O) groups excluding carboxylic acids is 2. The molecule has 1 saturated heterocycles. The fourth-order valence-corrected chi connectivity index (χ4v) is 10.1. The first-order chi connectivity index (χ1) is 16.2. The van der Waals surface area contributed by atoms with Crippen LogP contribution in [0, 0.1) is 35.5 Å². The minimum absolute atomic E-state index is 0.0283. The zero-order valence-corrected chi connectivity index (χ0v) is 20.8. The van der Waals surface area contributed by atoms with Crippen molar-refractivity contribution in [2.24, 2.45) is 35.5 Å². The molecule has 2 aliphatic heterocycles. The molecule has 178 valence electrons. The van der Waals surface area contributed by atoms with Gasteiger partial charge in [0.05, 0.1) is 16.9 Å². The van der Waals surface area contributed by atoms with Gasteiger partial charge in [0.1, 0.15) is 6.04 Å². The van der Waals surface area contributed by atoms with E-state index in [0.29, 0.717) is 5.02 Å². The number of nitrogens with zero attached hydrogens (tertiary/aromatic N) is 1. The highest BCUT2D eigenvalue weighted by molar-refractivity contribution is 8.00. The zero-order chi connectivity index (χ0) is 24.0. The summed E-state index contributed by atoms with van der Waals surface area (Å²) in [5.74, 6) is -3.24. The van der Waals surface area contributed by atoms with Gasteiger partial charge < -0.3 is 10.1 Å². The van der Waals surface area contributed by atoms with Crippen LogP contribution in [0.15, 0.2) is 34.1 Å². The molecule has 2 amide bonds. The maximum atomic E-state index is 13.6. The molecule has 3 fully saturated rings. The molecule has 0 unspecified atom stereocenters. The van der Waals surface area contributed by atoms with Crippen LogP contribution in [-0.2, 0) is 14.4 Å². The summed E-state index contributed by atoms with van der Waals surface area (Å²) in [5, 5.41) is 11.3. The Balaban J connectivity index is 1.44. The van der Waals surface area contributed by atoms with Gasteiger partial charge in [0.25, 0.3) is 0 Å². The molecule has 0 radical (unpaired) electrons. The van der Waals surface area contributed by atoms with Crippen LogP contribution in [0.25, 0.3) is 0 Å². The van der Waals surface area contributed by atoms with Crippen LogP contribution in [0.1, 0.15) is 36.6 Å². The van der Waals surface area contributed by atoms with Gasteiger partial charge in [0.15, 0.2) is 0 Å². The van der Waals surface area contributed by atoms with E-state index in [4.69, 9.17) is 11.6 Å². The lowest BCUT2D eigenvalue weighted by Crippen LogP contribution is -2.49. The molecule has 8 atom stereocenters. The zero-order valence-electron chi connectivity index (χ0n) is 18.4. The Hall–Kier alpha value is -2.10. The summed E-state index contributed by atoms with van der Waals surface area (Å²) in [4.78, 5) is 56.3. The second kappa shape index (κ2) is 7.70. The van der Waals surface area contributed by atoms with Crippen molar-refractivity contribution in [2.45, 2.75) is 42.5 Å². The number of fused-ring (bicyclic) bond motifs is 9. The number of aromatic nitrogens is 1. The van der Waals surface area contributed by atoms with Crippen LogP contribution in [0.5, 0.6) is 0 Å². The number of nitrogens with one attached hydrogen (secondary N) is 1. The minimum atomic E-state index is -1.15. The Kier molecular flexibility index (Phi) is 5.07. The number of carboxylic acids is 1. The molecule has 34 heavy (non-hydrogen) atoms. The van der Waals surface area contributed by atoms with Crippen molar-refractivity contribution < 1.29 is 19.5 Å². The number of H-pyrrole nitrogens is 1. The number of thiazole rings is 1. The number of halogens is 1. The first-order valence-corrected chi connectivity index (χ1v) is 13.5. The molecule has 4 aliphatic rings. The molecule has 10 heteroatoms. The van der Waals surface area contributed by atoms with E-state index in [2.05, 4.69) is 4.98 Å². The maximum Gasteiger partial charge on any atom is 0.327 e. The van der Waals surface area contributed by atoms with Gasteiger partial charge in [-0.3, -0.25) is 19.3 Å². The molecule has 2 aromatic rings. The quantitative estimate of drug-likeness (QED) is 0.598. The second-order valence-electron chi connectivity index (χ2n) is 10.1. The van der Waals surface area contributed by atoms with Gasteiger partial charge in [-0.1, -0.05) is 48.9 Å². The Bertz CT molecular complexity index is 1270. The van der Waals surface area contributed by atoms with Gasteiger partial charge >= 0.3 is 10.8 Å². The van der Waals surface area contributed by atoms with Crippen molar-refractivity contribution in [3.63, 3.8) is 0 Å². The number of hydrogen-bond acceptors (Lipinski definition) is 6. The summed E-state index contributed by atoms with van der Waals surface area (Å²) in [6.07, 6.45) is 0.770. The molecule has 2 N–H and O–H groups in total. The van der Waals surface area contributed by atoms with Crippen LogP contribution in [0.4, 0.5) is 0 Å². The number of carbonyl (C=O) groups is 3. The molecule has 0 spiro atoms. The van der Waals surface area contributed by atoms with Crippen LogP contribution in [-0.4, -0.2) is 44.1 Å². The molecule has 2 saturated carbocycles. The molecule has 7 nitrogen and oxygen atoms in total.